The molecule has 122 valence electrons. The zero-order chi connectivity index (χ0) is 17.5. The van der Waals surface area contributed by atoms with Gasteiger partial charge >= 0.3 is 5.97 Å². The number of aromatic nitrogens is 3. The summed E-state index contributed by atoms with van der Waals surface area (Å²) in [5.41, 5.74) is 8.35. The van der Waals surface area contributed by atoms with Crippen LogP contribution in [0.1, 0.15) is 16.1 Å². The van der Waals surface area contributed by atoms with Crippen molar-refractivity contribution in [3.05, 3.63) is 66.1 Å². The van der Waals surface area contributed by atoms with Crippen molar-refractivity contribution in [1.29, 1.82) is 0 Å². The minimum absolute atomic E-state index is 0.0741. The second-order valence-corrected chi connectivity index (χ2v) is 4.85. The summed E-state index contributed by atoms with van der Waals surface area (Å²) in [4.78, 5) is 22.4. The number of rotatable bonds is 2. The monoisotopic (exact) mass is 324 g/mol. The standard InChI is InChI=1S/C10H10N4.C7H6O3/c1-7-5-9(14-10(11)13-7)8-3-2-4-12-6-8;8-6-3-1-5(2-4-6)7(9)10/h2-6H,1H3,(H2,11,13,14);1-4,8H,(H,9,10). The van der Waals surface area contributed by atoms with Crippen molar-refractivity contribution in [3.63, 3.8) is 0 Å². The highest BCUT2D eigenvalue weighted by atomic mass is 16.4. The van der Waals surface area contributed by atoms with Crippen LogP contribution in [0.5, 0.6) is 5.75 Å². The van der Waals surface area contributed by atoms with Crippen molar-refractivity contribution >= 4 is 11.9 Å². The molecule has 1 aromatic carbocycles. The number of pyridine rings is 1. The summed E-state index contributed by atoms with van der Waals surface area (Å²) in [6.07, 6.45) is 3.47. The van der Waals surface area contributed by atoms with Crippen molar-refractivity contribution in [3.8, 4) is 17.0 Å². The lowest BCUT2D eigenvalue weighted by Crippen LogP contribution is -1.98. The average molecular weight is 324 g/mol. The first-order valence-electron chi connectivity index (χ1n) is 6.99. The summed E-state index contributed by atoms with van der Waals surface area (Å²) in [6, 6.07) is 11.0. The quantitative estimate of drug-likeness (QED) is 0.662. The number of carboxylic acids is 1. The number of aromatic carboxylic acids is 1. The number of carbonyl (C=O) groups is 1. The third kappa shape index (κ3) is 4.77. The summed E-state index contributed by atoms with van der Waals surface area (Å²) in [5.74, 6) is -0.617. The lowest BCUT2D eigenvalue weighted by molar-refractivity contribution is 0.0697. The molecule has 3 aromatic rings. The molecule has 0 unspecified atom stereocenters. The van der Waals surface area contributed by atoms with E-state index >= 15 is 0 Å². The molecule has 0 aliphatic heterocycles. The molecule has 0 saturated carbocycles. The number of carboxylic acid groups (broad SMARTS) is 1. The lowest BCUT2D eigenvalue weighted by atomic mass is 10.2. The van der Waals surface area contributed by atoms with Crippen LogP contribution in [0, 0.1) is 6.92 Å². The Morgan fingerprint density at radius 2 is 1.83 bits per heavy atom. The van der Waals surface area contributed by atoms with Gasteiger partial charge in [-0.15, -0.1) is 0 Å². The summed E-state index contributed by atoms with van der Waals surface area (Å²) in [6.45, 7) is 1.89. The predicted molar refractivity (Wildman–Crippen MR) is 89.5 cm³/mol. The van der Waals surface area contributed by atoms with Crippen molar-refractivity contribution < 1.29 is 15.0 Å². The highest BCUT2D eigenvalue weighted by Gasteiger charge is 2.01. The molecule has 0 spiro atoms. The summed E-state index contributed by atoms with van der Waals surface area (Å²) in [7, 11) is 0. The van der Waals surface area contributed by atoms with Crippen LogP contribution in [0.25, 0.3) is 11.3 Å². The molecule has 3 rings (SSSR count). The van der Waals surface area contributed by atoms with E-state index in [4.69, 9.17) is 15.9 Å². The SMILES string of the molecule is Cc1cc(-c2cccnc2)nc(N)n1.O=C(O)c1ccc(O)cc1. The van der Waals surface area contributed by atoms with E-state index in [0.29, 0.717) is 5.95 Å². The van der Waals surface area contributed by atoms with Gasteiger partial charge in [0.05, 0.1) is 11.3 Å². The smallest absolute Gasteiger partial charge is 0.335 e. The second-order valence-electron chi connectivity index (χ2n) is 4.85. The molecule has 0 amide bonds. The van der Waals surface area contributed by atoms with Gasteiger partial charge in [-0.25, -0.2) is 14.8 Å². The van der Waals surface area contributed by atoms with Gasteiger partial charge < -0.3 is 15.9 Å². The van der Waals surface area contributed by atoms with E-state index in [1.165, 1.54) is 24.3 Å². The van der Waals surface area contributed by atoms with Gasteiger partial charge in [0, 0.05) is 23.7 Å². The fourth-order valence-electron chi connectivity index (χ4n) is 1.86. The number of hydrogen-bond donors (Lipinski definition) is 3. The molecular weight excluding hydrogens is 308 g/mol. The number of aryl methyl sites for hydroxylation is 1. The Labute approximate surface area is 138 Å². The maximum absolute atomic E-state index is 10.2. The topological polar surface area (TPSA) is 122 Å². The Morgan fingerprint density at radius 3 is 2.38 bits per heavy atom. The van der Waals surface area contributed by atoms with E-state index in [2.05, 4.69) is 15.0 Å². The molecular formula is C17H16N4O3. The minimum Gasteiger partial charge on any atom is -0.508 e. The summed E-state index contributed by atoms with van der Waals surface area (Å²) >= 11 is 0. The van der Waals surface area contributed by atoms with Gasteiger partial charge in [-0.2, -0.15) is 0 Å². The molecule has 0 bridgehead atoms. The average Bonchev–Trinajstić information content (AvgIpc) is 2.56. The number of aromatic hydroxyl groups is 1. The van der Waals surface area contributed by atoms with E-state index < -0.39 is 5.97 Å². The Kier molecular flexibility index (Phi) is 5.40. The van der Waals surface area contributed by atoms with Gasteiger partial charge in [-0.05, 0) is 49.4 Å². The summed E-state index contributed by atoms with van der Waals surface area (Å²) in [5, 5.41) is 17.1. The molecule has 7 nitrogen and oxygen atoms in total. The van der Waals surface area contributed by atoms with Gasteiger partial charge in [0.1, 0.15) is 5.75 Å². The zero-order valence-corrected chi connectivity index (χ0v) is 12.9. The second kappa shape index (κ2) is 7.68. The number of benzene rings is 1. The first-order chi connectivity index (χ1) is 11.5. The maximum Gasteiger partial charge on any atom is 0.335 e. The number of hydrogen-bond acceptors (Lipinski definition) is 6. The van der Waals surface area contributed by atoms with E-state index in [1.54, 1.807) is 12.4 Å². The van der Waals surface area contributed by atoms with E-state index in [1.807, 2.05) is 25.1 Å². The van der Waals surface area contributed by atoms with Crippen molar-refractivity contribution in [2.24, 2.45) is 0 Å². The first kappa shape index (κ1) is 16.9. The van der Waals surface area contributed by atoms with Gasteiger partial charge in [-0.3, -0.25) is 4.98 Å². The third-order valence-corrected chi connectivity index (χ3v) is 2.94. The van der Waals surface area contributed by atoms with Gasteiger partial charge in [0.2, 0.25) is 5.95 Å². The normalized spacial score (nSPS) is 9.71. The van der Waals surface area contributed by atoms with Gasteiger partial charge in [-0.1, -0.05) is 0 Å². The lowest BCUT2D eigenvalue weighted by Gasteiger charge is -2.01. The highest BCUT2D eigenvalue weighted by molar-refractivity contribution is 5.87. The van der Waals surface area contributed by atoms with Gasteiger partial charge in [0.15, 0.2) is 0 Å². The van der Waals surface area contributed by atoms with Crippen LogP contribution in [-0.2, 0) is 0 Å². The Morgan fingerprint density at radius 1 is 1.12 bits per heavy atom. The van der Waals surface area contributed by atoms with Crippen LogP contribution in [0.2, 0.25) is 0 Å². The minimum atomic E-state index is -0.986. The van der Waals surface area contributed by atoms with Crippen LogP contribution in [0.3, 0.4) is 0 Å². The molecule has 0 saturated heterocycles. The fraction of sp³-hybridized carbons (Fsp3) is 0.0588. The van der Waals surface area contributed by atoms with Crippen molar-refractivity contribution in [2.75, 3.05) is 5.73 Å². The number of nitrogens with two attached hydrogens (primary N) is 1. The molecule has 7 heteroatoms. The zero-order valence-electron chi connectivity index (χ0n) is 12.9. The predicted octanol–water partition coefficient (Wildman–Crippen LogP) is 2.52. The number of phenolic OH excluding ortho intramolecular Hbond substituents is 1. The fourth-order valence-corrected chi connectivity index (χ4v) is 1.86. The number of phenols is 1. The molecule has 0 atom stereocenters. The molecule has 24 heavy (non-hydrogen) atoms. The van der Waals surface area contributed by atoms with Crippen molar-refractivity contribution in [1.82, 2.24) is 15.0 Å². The molecule has 0 fully saturated rings. The first-order valence-corrected chi connectivity index (χ1v) is 6.99. The molecule has 0 aliphatic carbocycles. The van der Waals surface area contributed by atoms with Crippen LogP contribution in [0.4, 0.5) is 5.95 Å². The van der Waals surface area contributed by atoms with E-state index in [-0.39, 0.29) is 11.3 Å². The number of nitrogens with zero attached hydrogens (tertiary/aromatic N) is 3. The molecule has 0 radical (unpaired) electrons. The molecule has 4 N–H and O–H groups in total. The number of nitrogen functional groups attached to an aromatic ring is 1. The Balaban J connectivity index is 0.000000185. The molecule has 0 aliphatic rings. The third-order valence-electron chi connectivity index (χ3n) is 2.94. The van der Waals surface area contributed by atoms with E-state index in [9.17, 15) is 4.79 Å². The number of anilines is 1. The van der Waals surface area contributed by atoms with Gasteiger partial charge in [0.25, 0.3) is 0 Å². The van der Waals surface area contributed by atoms with Crippen LogP contribution in [-0.4, -0.2) is 31.1 Å². The maximum atomic E-state index is 10.2. The van der Waals surface area contributed by atoms with Crippen molar-refractivity contribution in [2.45, 2.75) is 6.92 Å². The van der Waals surface area contributed by atoms with E-state index in [0.717, 1.165) is 17.0 Å². The summed E-state index contributed by atoms with van der Waals surface area (Å²) < 4.78 is 0. The molecule has 2 aromatic heterocycles. The van der Waals surface area contributed by atoms with Crippen LogP contribution < -0.4 is 5.73 Å². The molecule has 2 heterocycles. The Hall–Kier alpha value is -3.48. The Bertz CT molecular complexity index is 801. The highest BCUT2D eigenvalue weighted by Crippen LogP contribution is 2.16. The largest absolute Gasteiger partial charge is 0.508 e. The van der Waals surface area contributed by atoms with Crippen LogP contribution >= 0.6 is 0 Å². The van der Waals surface area contributed by atoms with Crippen LogP contribution in [0.15, 0.2) is 54.9 Å².